The quantitative estimate of drug-likeness (QED) is 0.481. The Morgan fingerprint density at radius 3 is 2.28 bits per heavy atom. The number of piperazine rings is 1. The molecule has 2 aromatic carbocycles. The van der Waals surface area contributed by atoms with Crippen molar-refractivity contribution in [1.82, 2.24) is 15.3 Å². The van der Waals surface area contributed by atoms with Crippen molar-refractivity contribution >= 4 is 23.6 Å². The van der Waals surface area contributed by atoms with Crippen LogP contribution in [0.3, 0.4) is 0 Å². The first kappa shape index (κ1) is 25.3. The number of carbonyl (C=O) groups excluding carboxylic acids is 3. The molecule has 2 saturated heterocycles. The molecule has 0 spiro atoms. The van der Waals surface area contributed by atoms with Gasteiger partial charge in [-0.2, -0.15) is 0 Å². The molecule has 2 N–H and O–H groups in total. The van der Waals surface area contributed by atoms with Gasteiger partial charge in [0.2, 0.25) is 11.8 Å². The van der Waals surface area contributed by atoms with Crippen LogP contribution in [0, 0.1) is 12.8 Å². The molecule has 0 saturated carbocycles. The van der Waals surface area contributed by atoms with Crippen molar-refractivity contribution in [2.45, 2.75) is 25.5 Å². The molecule has 2 fully saturated rings. The van der Waals surface area contributed by atoms with Crippen LogP contribution in [0.1, 0.15) is 12.0 Å². The maximum Gasteiger partial charge on any atom is 0.410 e. The molecule has 3 amide bonds. The number of methoxy groups -OCH3 is 1. The second-order valence-electron chi connectivity index (χ2n) is 9.04. The highest BCUT2D eigenvalue weighted by Crippen LogP contribution is 2.31. The molecule has 0 radical (unpaired) electrons. The molecule has 4 rings (SSSR count). The van der Waals surface area contributed by atoms with Crippen molar-refractivity contribution in [3.8, 4) is 5.75 Å². The van der Waals surface area contributed by atoms with Gasteiger partial charge in [0, 0.05) is 38.3 Å². The number of benzene rings is 2. The number of carbonyl (C=O) groups is 3. The second kappa shape index (κ2) is 11.3. The standard InChI is InChI=1S/C26H32N4O6/c1-18-8-6-7-11-22(18)36-20-16-21(24(31)27-34)23(30(17-20)26(33)35-2)25(32)29-14-12-28(13-15-29)19-9-4-3-5-10-19/h3-11,20-21,23,34H,12-17H2,1-2H3,(H,27,31)/t20-,21-,23-/m0/s1. The Hall–Kier alpha value is -3.79. The monoisotopic (exact) mass is 496 g/mol. The summed E-state index contributed by atoms with van der Waals surface area (Å²) in [5, 5.41) is 9.45. The van der Waals surface area contributed by atoms with E-state index in [-0.39, 0.29) is 18.9 Å². The number of para-hydroxylation sites is 2. The van der Waals surface area contributed by atoms with Crippen molar-refractivity contribution in [2.24, 2.45) is 5.92 Å². The third kappa shape index (κ3) is 5.38. The van der Waals surface area contributed by atoms with Gasteiger partial charge in [-0.15, -0.1) is 0 Å². The highest BCUT2D eigenvalue weighted by Gasteiger charge is 2.49. The molecule has 0 unspecified atom stereocenters. The molecular formula is C26H32N4O6. The smallest absolute Gasteiger partial charge is 0.410 e. The zero-order valence-electron chi connectivity index (χ0n) is 20.5. The Kier molecular flexibility index (Phi) is 7.94. The van der Waals surface area contributed by atoms with Gasteiger partial charge in [-0.25, -0.2) is 10.3 Å². The molecule has 2 aliphatic heterocycles. The first-order valence-corrected chi connectivity index (χ1v) is 12.0. The fourth-order valence-corrected chi connectivity index (χ4v) is 4.95. The Balaban J connectivity index is 1.54. The van der Waals surface area contributed by atoms with Gasteiger partial charge < -0.3 is 19.3 Å². The molecular weight excluding hydrogens is 464 g/mol. The number of ether oxygens (including phenoxy) is 2. The Labute approximate surface area is 210 Å². The summed E-state index contributed by atoms with van der Waals surface area (Å²) in [6, 6.07) is 16.2. The average Bonchev–Trinajstić information content (AvgIpc) is 2.93. The van der Waals surface area contributed by atoms with Crippen molar-refractivity contribution < 1.29 is 29.1 Å². The Morgan fingerprint density at radius 1 is 0.972 bits per heavy atom. The van der Waals surface area contributed by atoms with Gasteiger partial charge in [0.05, 0.1) is 19.6 Å². The number of nitrogens with one attached hydrogen (secondary N) is 1. The number of hydrogen-bond acceptors (Lipinski definition) is 7. The topological polar surface area (TPSA) is 112 Å². The predicted octanol–water partition coefficient (Wildman–Crippen LogP) is 2.05. The van der Waals surface area contributed by atoms with E-state index in [4.69, 9.17) is 9.47 Å². The summed E-state index contributed by atoms with van der Waals surface area (Å²) in [6.45, 7) is 4.09. The summed E-state index contributed by atoms with van der Waals surface area (Å²) in [6.07, 6.45) is -1.16. The lowest BCUT2D eigenvalue weighted by molar-refractivity contribution is -0.151. The molecule has 0 aliphatic carbocycles. The molecule has 0 bridgehead atoms. The second-order valence-corrected chi connectivity index (χ2v) is 9.04. The summed E-state index contributed by atoms with van der Waals surface area (Å²) >= 11 is 0. The molecule has 10 nitrogen and oxygen atoms in total. The molecule has 0 aromatic heterocycles. The number of nitrogens with zero attached hydrogens (tertiary/aromatic N) is 3. The van der Waals surface area contributed by atoms with Crippen LogP contribution in [-0.2, 0) is 14.3 Å². The highest BCUT2D eigenvalue weighted by molar-refractivity contribution is 5.92. The maximum absolute atomic E-state index is 13.7. The lowest BCUT2D eigenvalue weighted by Crippen LogP contribution is -2.64. The fraction of sp³-hybridized carbons (Fsp3) is 0.423. The molecule has 2 aromatic rings. The largest absolute Gasteiger partial charge is 0.488 e. The number of amides is 3. The van der Waals surface area contributed by atoms with E-state index in [2.05, 4.69) is 4.90 Å². The third-order valence-electron chi connectivity index (χ3n) is 6.84. The van der Waals surface area contributed by atoms with E-state index in [9.17, 15) is 19.6 Å². The van der Waals surface area contributed by atoms with E-state index in [1.165, 1.54) is 12.0 Å². The van der Waals surface area contributed by atoms with Crippen LogP contribution in [0.4, 0.5) is 10.5 Å². The zero-order valence-corrected chi connectivity index (χ0v) is 20.5. The van der Waals surface area contributed by atoms with E-state index in [1.807, 2.05) is 61.5 Å². The number of rotatable bonds is 5. The first-order chi connectivity index (χ1) is 17.4. The first-order valence-electron chi connectivity index (χ1n) is 12.0. The number of aryl methyl sites for hydroxylation is 1. The molecule has 2 aliphatic rings. The summed E-state index contributed by atoms with van der Waals surface area (Å²) in [5.74, 6) is -1.49. The molecule has 10 heteroatoms. The van der Waals surface area contributed by atoms with Gasteiger partial charge in [-0.05, 0) is 30.7 Å². The molecule has 192 valence electrons. The van der Waals surface area contributed by atoms with Crippen LogP contribution in [0.5, 0.6) is 5.75 Å². The van der Waals surface area contributed by atoms with Crippen LogP contribution in [0.25, 0.3) is 0 Å². The van der Waals surface area contributed by atoms with Crippen molar-refractivity contribution in [3.05, 3.63) is 60.2 Å². The van der Waals surface area contributed by atoms with E-state index in [1.54, 1.807) is 10.4 Å². The summed E-state index contributed by atoms with van der Waals surface area (Å²) in [4.78, 5) is 44.4. The van der Waals surface area contributed by atoms with E-state index >= 15 is 0 Å². The van der Waals surface area contributed by atoms with Crippen molar-refractivity contribution in [1.29, 1.82) is 0 Å². The van der Waals surface area contributed by atoms with Crippen LogP contribution in [-0.4, -0.2) is 84.9 Å². The normalized spacial score (nSPS) is 22.1. The average molecular weight is 497 g/mol. The number of hydroxylamine groups is 1. The van der Waals surface area contributed by atoms with Gasteiger partial charge in [0.15, 0.2) is 0 Å². The minimum absolute atomic E-state index is 0.0661. The van der Waals surface area contributed by atoms with Gasteiger partial charge in [-0.3, -0.25) is 19.7 Å². The third-order valence-corrected chi connectivity index (χ3v) is 6.84. The zero-order chi connectivity index (χ0) is 25.7. The Bertz CT molecular complexity index is 1050. The van der Waals surface area contributed by atoms with Crippen LogP contribution in [0.15, 0.2) is 54.6 Å². The predicted molar refractivity (Wildman–Crippen MR) is 132 cm³/mol. The fourth-order valence-electron chi connectivity index (χ4n) is 4.95. The van der Waals surface area contributed by atoms with Crippen LogP contribution >= 0.6 is 0 Å². The SMILES string of the molecule is COC(=O)N1C[C@@H](Oc2ccccc2C)C[C@H](C(=O)NO)[C@H]1C(=O)N1CCN(c2ccccc2)CC1. The van der Waals surface area contributed by atoms with E-state index in [0.29, 0.717) is 31.9 Å². The van der Waals surface area contributed by atoms with Crippen LogP contribution in [0.2, 0.25) is 0 Å². The van der Waals surface area contributed by atoms with E-state index < -0.39 is 30.1 Å². The number of piperidine rings is 1. The number of hydrogen-bond donors (Lipinski definition) is 2. The van der Waals surface area contributed by atoms with Crippen LogP contribution < -0.4 is 15.1 Å². The number of likely N-dealkylation sites (tertiary alicyclic amines) is 1. The minimum Gasteiger partial charge on any atom is -0.488 e. The van der Waals surface area contributed by atoms with Gasteiger partial charge in [-0.1, -0.05) is 36.4 Å². The van der Waals surface area contributed by atoms with Gasteiger partial charge in [0.1, 0.15) is 17.9 Å². The lowest BCUT2D eigenvalue weighted by atomic mass is 9.86. The van der Waals surface area contributed by atoms with Crippen molar-refractivity contribution in [2.75, 3.05) is 44.7 Å². The lowest BCUT2D eigenvalue weighted by Gasteiger charge is -2.45. The van der Waals surface area contributed by atoms with Gasteiger partial charge >= 0.3 is 6.09 Å². The molecule has 36 heavy (non-hydrogen) atoms. The molecule has 3 atom stereocenters. The Morgan fingerprint density at radius 2 is 1.64 bits per heavy atom. The highest BCUT2D eigenvalue weighted by atomic mass is 16.5. The van der Waals surface area contributed by atoms with E-state index in [0.717, 1.165) is 11.3 Å². The van der Waals surface area contributed by atoms with Crippen molar-refractivity contribution in [3.63, 3.8) is 0 Å². The summed E-state index contributed by atoms with van der Waals surface area (Å²) in [5.41, 5.74) is 3.65. The molecule has 2 heterocycles. The van der Waals surface area contributed by atoms with Gasteiger partial charge in [0.25, 0.3) is 0 Å². The summed E-state index contributed by atoms with van der Waals surface area (Å²) < 4.78 is 11.1. The number of anilines is 1. The minimum atomic E-state index is -1.12. The summed E-state index contributed by atoms with van der Waals surface area (Å²) in [7, 11) is 1.23. The maximum atomic E-state index is 13.7.